The Kier molecular flexibility index (Phi) is 6.40. The largest absolute Gasteiger partial charge is 0.367 e. The van der Waals surface area contributed by atoms with Gasteiger partial charge in [-0.05, 0) is 36.8 Å². The number of thiazole rings is 1. The van der Waals surface area contributed by atoms with E-state index in [9.17, 15) is 13.6 Å². The molecule has 1 unspecified atom stereocenters. The Hall–Kier alpha value is -3.35. The van der Waals surface area contributed by atoms with Gasteiger partial charge in [-0.25, -0.2) is 18.2 Å². The summed E-state index contributed by atoms with van der Waals surface area (Å²) in [6.45, 7) is 4.18. The summed E-state index contributed by atoms with van der Waals surface area (Å²) in [4.78, 5) is 18.9. The number of nitrogens with one attached hydrogen (secondary N) is 2. The number of terminal acetylenes is 1. The van der Waals surface area contributed by atoms with Crippen LogP contribution >= 0.6 is 11.3 Å². The first-order valence-corrected chi connectivity index (χ1v) is 11.2. The Morgan fingerprint density at radius 2 is 1.88 bits per heavy atom. The van der Waals surface area contributed by atoms with Crippen molar-refractivity contribution in [1.29, 1.82) is 0 Å². The van der Waals surface area contributed by atoms with Crippen molar-refractivity contribution in [3.63, 3.8) is 0 Å². The number of carbonyl (C=O) groups is 1. The van der Waals surface area contributed by atoms with Crippen LogP contribution in [0.3, 0.4) is 0 Å². The Balaban J connectivity index is 1.59. The minimum atomic E-state index is -0.980. The van der Waals surface area contributed by atoms with E-state index in [1.54, 1.807) is 29.3 Å². The summed E-state index contributed by atoms with van der Waals surface area (Å²) in [5, 5.41) is 7.44. The van der Waals surface area contributed by atoms with Crippen LogP contribution in [0.4, 0.5) is 24.0 Å². The van der Waals surface area contributed by atoms with Gasteiger partial charge in [0.25, 0.3) is 5.91 Å². The average molecular weight is 471 g/mol. The highest BCUT2D eigenvalue weighted by Crippen LogP contribution is 2.34. The molecule has 1 aromatic heterocycles. The second-order valence-electron chi connectivity index (χ2n) is 7.76. The number of halogens is 3. The number of amides is 1. The topological polar surface area (TPSA) is 57.3 Å². The van der Waals surface area contributed by atoms with Gasteiger partial charge >= 0.3 is 0 Å². The van der Waals surface area contributed by atoms with E-state index >= 15 is 4.39 Å². The predicted octanol–water partition coefficient (Wildman–Crippen LogP) is 4.16. The molecule has 2 heterocycles. The van der Waals surface area contributed by atoms with E-state index in [4.69, 9.17) is 6.42 Å². The van der Waals surface area contributed by atoms with Gasteiger partial charge in [-0.2, -0.15) is 0 Å². The van der Waals surface area contributed by atoms with Gasteiger partial charge in [0.05, 0.1) is 16.8 Å². The highest BCUT2D eigenvalue weighted by atomic mass is 32.1. The minimum Gasteiger partial charge on any atom is -0.367 e. The smallest absolute Gasteiger partial charge is 0.263 e. The van der Waals surface area contributed by atoms with Crippen LogP contribution in [0.15, 0.2) is 41.8 Å². The molecule has 1 amide bonds. The van der Waals surface area contributed by atoms with Gasteiger partial charge in [0.15, 0.2) is 10.9 Å². The zero-order valence-electron chi connectivity index (χ0n) is 17.8. The molecular weight excluding hydrogens is 449 g/mol. The van der Waals surface area contributed by atoms with Crippen LogP contribution in [-0.4, -0.2) is 37.1 Å². The lowest BCUT2D eigenvalue weighted by molar-refractivity contribution is 0.101. The molecule has 1 saturated heterocycles. The summed E-state index contributed by atoms with van der Waals surface area (Å²) in [5.74, 6) is -0.530. The summed E-state index contributed by atoms with van der Waals surface area (Å²) in [5.41, 5.74) is -0.366. The third-order valence-corrected chi connectivity index (χ3v) is 6.46. The number of nitrogens with zero attached hydrogens (tertiary/aromatic N) is 2. The monoisotopic (exact) mass is 470 g/mol. The van der Waals surface area contributed by atoms with Crippen molar-refractivity contribution in [2.75, 3.05) is 36.4 Å². The van der Waals surface area contributed by atoms with Crippen LogP contribution < -0.4 is 15.5 Å². The fraction of sp³-hybridized carbons (Fsp3) is 0.250. The van der Waals surface area contributed by atoms with E-state index in [-0.39, 0.29) is 10.8 Å². The molecule has 2 N–H and O–H groups in total. The molecule has 3 aromatic rings. The molecule has 1 aliphatic heterocycles. The van der Waals surface area contributed by atoms with Crippen molar-refractivity contribution in [1.82, 2.24) is 10.3 Å². The molecule has 170 valence electrons. The van der Waals surface area contributed by atoms with E-state index in [1.165, 1.54) is 18.2 Å². The fourth-order valence-electron chi connectivity index (χ4n) is 3.71. The number of benzene rings is 2. The number of rotatable bonds is 5. The van der Waals surface area contributed by atoms with E-state index in [1.807, 2.05) is 0 Å². The maximum Gasteiger partial charge on any atom is 0.263 e. The second-order valence-corrected chi connectivity index (χ2v) is 8.62. The Labute approximate surface area is 193 Å². The summed E-state index contributed by atoms with van der Waals surface area (Å²) in [6, 6.07) is 8.17. The van der Waals surface area contributed by atoms with Gasteiger partial charge in [-0.15, -0.1) is 17.8 Å². The van der Waals surface area contributed by atoms with E-state index in [0.717, 1.165) is 17.4 Å². The predicted molar refractivity (Wildman–Crippen MR) is 123 cm³/mol. The summed E-state index contributed by atoms with van der Waals surface area (Å²) >= 11 is 1.08. The highest BCUT2D eigenvalue weighted by molar-refractivity contribution is 7.14. The van der Waals surface area contributed by atoms with Crippen molar-refractivity contribution in [3.8, 4) is 12.3 Å². The van der Waals surface area contributed by atoms with Crippen molar-refractivity contribution >= 4 is 28.1 Å². The van der Waals surface area contributed by atoms with E-state index in [2.05, 4.69) is 21.5 Å². The molecule has 1 aliphatic rings. The van der Waals surface area contributed by atoms with Crippen molar-refractivity contribution in [3.05, 3.63) is 76.1 Å². The third kappa shape index (κ3) is 4.45. The summed E-state index contributed by atoms with van der Waals surface area (Å²) in [6.07, 6.45) is 5.76. The van der Waals surface area contributed by atoms with E-state index < -0.39 is 34.3 Å². The first kappa shape index (κ1) is 22.8. The van der Waals surface area contributed by atoms with Crippen LogP contribution in [0.1, 0.15) is 28.5 Å². The normalized spacial score (nSPS) is 15.5. The maximum absolute atomic E-state index is 15.1. The minimum absolute atomic E-state index is 0.143. The van der Waals surface area contributed by atoms with Gasteiger partial charge in [-0.3, -0.25) is 10.1 Å². The molecule has 1 atom stereocenters. The molecule has 0 spiro atoms. The summed E-state index contributed by atoms with van der Waals surface area (Å²) < 4.78 is 42.9. The number of hydrogen-bond donors (Lipinski definition) is 2. The van der Waals surface area contributed by atoms with Crippen molar-refractivity contribution in [2.24, 2.45) is 0 Å². The molecule has 33 heavy (non-hydrogen) atoms. The fourth-order valence-corrected chi connectivity index (χ4v) is 4.52. The molecule has 0 aliphatic carbocycles. The van der Waals surface area contributed by atoms with Crippen LogP contribution in [0.5, 0.6) is 0 Å². The van der Waals surface area contributed by atoms with Gasteiger partial charge in [0, 0.05) is 31.6 Å². The summed E-state index contributed by atoms with van der Waals surface area (Å²) in [7, 11) is 0. The quantitative estimate of drug-likeness (QED) is 0.550. The maximum atomic E-state index is 15.1. The SMILES string of the molecule is C#CC(C)(c1ccc(F)cc1)c1csc(NC(=O)c2c(F)ccc(N3CCNCC3)c2F)n1. The van der Waals surface area contributed by atoms with Crippen LogP contribution in [-0.2, 0) is 5.41 Å². The van der Waals surface area contributed by atoms with Crippen molar-refractivity contribution < 1.29 is 18.0 Å². The lowest BCUT2D eigenvalue weighted by Gasteiger charge is -2.30. The Bertz CT molecular complexity index is 1220. The lowest BCUT2D eigenvalue weighted by Crippen LogP contribution is -2.44. The third-order valence-electron chi connectivity index (χ3n) is 5.70. The zero-order chi connectivity index (χ0) is 23.6. The first-order chi connectivity index (χ1) is 15.8. The molecule has 5 nitrogen and oxygen atoms in total. The standard InChI is InChI=1S/C24H21F3N4OS/c1-3-24(2,15-4-6-16(25)7-5-15)19-14-33-23(29-19)30-22(32)20-17(26)8-9-18(21(20)27)31-12-10-28-11-13-31/h1,4-9,14,28H,10-13H2,2H3,(H,29,30,32). The van der Waals surface area contributed by atoms with Gasteiger partial charge in [0.1, 0.15) is 17.2 Å². The second kappa shape index (κ2) is 9.25. The Morgan fingerprint density at radius 3 is 2.55 bits per heavy atom. The number of carbonyl (C=O) groups excluding carboxylic acids is 1. The van der Waals surface area contributed by atoms with Crippen LogP contribution in [0.25, 0.3) is 0 Å². The number of anilines is 2. The molecule has 4 rings (SSSR count). The van der Waals surface area contributed by atoms with Crippen LogP contribution in [0.2, 0.25) is 0 Å². The molecule has 0 radical (unpaired) electrons. The molecule has 0 saturated carbocycles. The van der Waals surface area contributed by atoms with Gasteiger partial charge < -0.3 is 10.2 Å². The zero-order valence-corrected chi connectivity index (χ0v) is 18.6. The average Bonchev–Trinajstić information content (AvgIpc) is 3.28. The first-order valence-electron chi connectivity index (χ1n) is 10.3. The molecule has 9 heteroatoms. The highest BCUT2D eigenvalue weighted by Gasteiger charge is 2.30. The molecule has 2 aromatic carbocycles. The Morgan fingerprint density at radius 1 is 1.18 bits per heavy atom. The number of hydrogen-bond acceptors (Lipinski definition) is 5. The molecular formula is C24H21F3N4OS. The van der Waals surface area contributed by atoms with Crippen LogP contribution in [0, 0.1) is 29.8 Å². The number of piperazine rings is 1. The van der Waals surface area contributed by atoms with E-state index in [0.29, 0.717) is 37.4 Å². The van der Waals surface area contributed by atoms with Gasteiger partial charge in [-0.1, -0.05) is 18.1 Å². The number of aromatic nitrogens is 1. The molecule has 0 bridgehead atoms. The lowest BCUT2D eigenvalue weighted by atomic mass is 9.81. The van der Waals surface area contributed by atoms with Crippen molar-refractivity contribution in [2.45, 2.75) is 12.3 Å². The molecule has 1 fully saturated rings. The van der Waals surface area contributed by atoms with Gasteiger partial charge in [0.2, 0.25) is 0 Å².